The highest BCUT2D eigenvalue weighted by Gasteiger charge is 2.25. The van der Waals surface area contributed by atoms with E-state index in [4.69, 9.17) is 0 Å². The van der Waals surface area contributed by atoms with E-state index in [1.807, 2.05) is 30.3 Å². The summed E-state index contributed by atoms with van der Waals surface area (Å²) in [5, 5.41) is 4.89. The van der Waals surface area contributed by atoms with Gasteiger partial charge in [0.25, 0.3) is 21.2 Å². The number of hydrogen-bond donors (Lipinski definition) is 3. The van der Waals surface area contributed by atoms with E-state index in [2.05, 4.69) is 20.3 Å². The van der Waals surface area contributed by atoms with Gasteiger partial charge in [0.15, 0.2) is 5.13 Å². The van der Waals surface area contributed by atoms with E-state index in [0.717, 1.165) is 28.7 Å². The number of anilines is 2. The highest BCUT2D eigenvalue weighted by Crippen LogP contribution is 2.35. The molecule has 36 heavy (non-hydrogen) atoms. The molecule has 2 amide bonds. The molecule has 0 spiro atoms. The molecule has 0 unspecified atom stereocenters. The lowest BCUT2D eigenvalue weighted by atomic mass is 10.2. The van der Waals surface area contributed by atoms with Crippen molar-refractivity contribution in [1.29, 1.82) is 0 Å². The number of benzene rings is 3. The van der Waals surface area contributed by atoms with Crippen LogP contribution in [0.25, 0.3) is 16.3 Å². The van der Waals surface area contributed by atoms with Crippen LogP contribution >= 0.6 is 23.1 Å². The maximum Gasteiger partial charge on any atom is 0.290 e. The molecule has 12 heteroatoms. The Morgan fingerprint density at radius 1 is 1.00 bits per heavy atom. The van der Waals surface area contributed by atoms with Crippen LogP contribution in [0.1, 0.15) is 11.1 Å². The van der Waals surface area contributed by atoms with Gasteiger partial charge in [-0.25, -0.2) is 17.8 Å². The van der Waals surface area contributed by atoms with Crippen molar-refractivity contribution in [3.63, 3.8) is 0 Å². The van der Waals surface area contributed by atoms with Crippen LogP contribution < -0.4 is 15.4 Å². The third-order valence-corrected chi connectivity index (χ3v) is 8.47. The molecular formula is C24H17FN4O4S3. The number of thiazole rings is 1. The van der Waals surface area contributed by atoms with Gasteiger partial charge in [-0.2, -0.15) is 0 Å². The lowest BCUT2D eigenvalue weighted by molar-refractivity contribution is -0.115. The first-order chi connectivity index (χ1) is 17.3. The molecule has 0 atom stereocenters. The van der Waals surface area contributed by atoms with Crippen molar-refractivity contribution in [3.8, 4) is 0 Å². The summed E-state index contributed by atoms with van der Waals surface area (Å²) in [6.07, 6.45) is 1.50. The van der Waals surface area contributed by atoms with Crippen molar-refractivity contribution in [2.45, 2.75) is 11.4 Å². The second kappa shape index (κ2) is 9.72. The van der Waals surface area contributed by atoms with Gasteiger partial charge in [0.2, 0.25) is 0 Å². The molecule has 0 aliphatic carbocycles. The Bertz CT molecular complexity index is 1620. The summed E-state index contributed by atoms with van der Waals surface area (Å²) in [7, 11) is -3.98. The minimum absolute atomic E-state index is 0.0166. The van der Waals surface area contributed by atoms with Crippen LogP contribution in [-0.4, -0.2) is 24.5 Å². The Balaban J connectivity index is 1.36. The minimum Gasteiger partial charge on any atom is -0.377 e. The second-order valence-electron chi connectivity index (χ2n) is 7.66. The molecule has 4 aromatic rings. The number of imide groups is 1. The zero-order chi connectivity index (χ0) is 25.3. The number of aromatic nitrogens is 1. The summed E-state index contributed by atoms with van der Waals surface area (Å²) in [5.74, 6) is -0.953. The molecule has 1 saturated heterocycles. The van der Waals surface area contributed by atoms with E-state index in [1.165, 1.54) is 42.5 Å². The summed E-state index contributed by atoms with van der Waals surface area (Å²) in [6, 6.07) is 18.1. The van der Waals surface area contributed by atoms with Crippen LogP contribution in [0.15, 0.2) is 76.5 Å². The second-order valence-corrected chi connectivity index (χ2v) is 11.4. The van der Waals surface area contributed by atoms with Crippen LogP contribution in [0.5, 0.6) is 0 Å². The molecule has 1 aliphatic heterocycles. The molecule has 0 saturated carbocycles. The van der Waals surface area contributed by atoms with Crippen molar-refractivity contribution < 1.29 is 22.4 Å². The smallest absolute Gasteiger partial charge is 0.290 e. The maximum atomic E-state index is 14.6. The first-order valence-corrected chi connectivity index (χ1v) is 13.6. The number of fused-ring (bicyclic) bond motifs is 1. The van der Waals surface area contributed by atoms with Crippen LogP contribution in [0.2, 0.25) is 0 Å². The summed E-state index contributed by atoms with van der Waals surface area (Å²) in [6.45, 7) is 0.396. The number of hydrogen-bond acceptors (Lipinski definition) is 8. The van der Waals surface area contributed by atoms with Gasteiger partial charge in [0.05, 0.1) is 25.7 Å². The van der Waals surface area contributed by atoms with Gasteiger partial charge >= 0.3 is 0 Å². The van der Waals surface area contributed by atoms with Crippen LogP contribution in [0, 0.1) is 5.82 Å². The minimum atomic E-state index is -3.98. The lowest BCUT2D eigenvalue weighted by Gasteiger charge is -2.08. The summed E-state index contributed by atoms with van der Waals surface area (Å²) < 4.78 is 43.4. The van der Waals surface area contributed by atoms with E-state index in [0.29, 0.717) is 22.3 Å². The summed E-state index contributed by atoms with van der Waals surface area (Å²) in [5.41, 5.74) is 2.24. The van der Waals surface area contributed by atoms with Gasteiger partial charge < -0.3 is 5.32 Å². The first-order valence-electron chi connectivity index (χ1n) is 10.5. The molecule has 1 aliphatic rings. The number of sulfonamides is 1. The Kier molecular flexibility index (Phi) is 6.48. The number of halogens is 1. The van der Waals surface area contributed by atoms with Gasteiger partial charge in [0, 0.05) is 6.54 Å². The zero-order valence-corrected chi connectivity index (χ0v) is 20.8. The normalized spacial score (nSPS) is 14.9. The fourth-order valence-electron chi connectivity index (χ4n) is 3.45. The predicted octanol–water partition coefficient (Wildman–Crippen LogP) is 5.17. The molecule has 8 nitrogen and oxygen atoms in total. The fourth-order valence-corrected chi connectivity index (χ4v) is 6.35. The number of carbonyl (C=O) groups excluding carboxylic acids is 2. The molecule has 1 fully saturated rings. The van der Waals surface area contributed by atoms with Crippen molar-refractivity contribution in [1.82, 2.24) is 10.3 Å². The monoisotopic (exact) mass is 540 g/mol. The van der Waals surface area contributed by atoms with Crippen LogP contribution in [0.3, 0.4) is 0 Å². The molecule has 2 heterocycles. The quantitative estimate of drug-likeness (QED) is 0.277. The Morgan fingerprint density at radius 3 is 2.44 bits per heavy atom. The number of thioether (sulfide) groups is 1. The highest BCUT2D eigenvalue weighted by atomic mass is 32.2. The highest BCUT2D eigenvalue weighted by molar-refractivity contribution is 8.18. The maximum absolute atomic E-state index is 14.6. The lowest BCUT2D eigenvalue weighted by Crippen LogP contribution is -2.17. The number of amides is 2. The van der Waals surface area contributed by atoms with Crippen LogP contribution in [0.4, 0.5) is 20.0 Å². The van der Waals surface area contributed by atoms with Gasteiger partial charge in [-0.1, -0.05) is 53.8 Å². The number of nitrogens with zero attached hydrogens (tertiary/aromatic N) is 1. The van der Waals surface area contributed by atoms with E-state index >= 15 is 0 Å². The van der Waals surface area contributed by atoms with Crippen molar-refractivity contribution in [2.24, 2.45) is 0 Å². The van der Waals surface area contributed by atoms with Crippen molar-refractivity contribution in [2.75, 3.05) is 10.0 Å². The predicted molar refractivity (Wildman–Crippen MR) is 140 cm³/mol. The van der Waals surface area contributed by atoms with E-state index in [-0.39, 0.29) is 20.6 Å². The van der Waals surface area contributed by atoms with Crippen molar-refractivity contribution >= 4 is 71.4 Å². The largest absolute Gasteiger partial charge is 0.377 e. The topological polar surface area (TPSA) is 117 Å². The molecule has 1 aromatic heterocycles. The Hall–Kier alpha value is -3.74. The number of carbonyl (C=O) groups is 2. The van der Waals surface area contributed by atoms with Crippen LogP contribution in [-0.2, 0) is 21.4 Å². The third kappa shape index (κ3) is 5.10. The third-order valence-electron chi connectivity index (χ3n) is 5.17. The van der Waals surface area contributed by atoms with E-state index < -0.39 is 27.0 Å². The molecular weight excluding hydrogens is 523 g/mol. The standard InChI is InChI=1S/C24H17FN4O4S3/c25-17-10-11-18-21(20(17)26-13-15-4-2-1-3-5-15)35-23(27-18)29-36(32,33)16-8-6-14(7-9-16)12-19-22(30)28-24(31)34-19/h1-12,26H,13H2,(H,27,29)(H,28,30,31)/b19-12-. The van der Waals surface area contributed by atoms with Gasteiger partial charge in [-0.05, 0) is 53.2 Å². The molecule has 3 aromatic carbocycles. The van der Waals surface area contributed by atoms with E-state index in [9.17, 15) is 22.4 Å². The fraction of sp³-hybridized carbons (Fsp3) is 0.0417. The van der Waals surface area contributed by atoms with Gasteiger partial charge in [0.1, 0.15) is 5.82 Å². The molecule has 0 bridgehead atoms. The average Bonchev–Trinajstić information content (AvgIpc) is 3.40. The van der Waals surface area contributed by atoms with E-state index in [1.54, 1.807) is 0 Å². The number of nitrogens with one attached hydrogen (secondary N) is 3. The van der Waals surface area contributed by atoms with Crippen molar-refractivity contribution in [3.05, 3.63) is 88.6 Å². The Labute approximate surface area is 213 Å². The molecule has 5 rings (SSSR count). The number of rotatable bonds is 7. The zero-order valence-electron chi connectivity index (χ0n) is 18.3. The molecule has 0 radical (unpaired) electrons. The van der Waals surface area contributed by atoms with Gasteiger partial charge in [-0.3, -0.25) is 19.6 Å². The molecule has 182 valence electrons. The Morgan fingerprint density at radius 2 is 1.75 bits per heavy atom. The van der Waals surface area contributed by atoms with Gasteiger partial charge in [-0.15, -0.1) is 0 Å². The first kappa shape index (κ1) is 24.0. The SMILES string of the molecule is O=C1NC(=O)/C(=C/c2ccc(S(=O)(=O)Nc3nc4ccc(F)c(NCc5ccccc5)c4s3)cc2)S1. The summed E-state index contributed by atoms with van der Waals surface area (Å²) >= 11 is 1.81. The molecule has 3 N–H and O–H groups in total. The average molecular weight is 541 g/mol. The summed E-state index contributed by atoms with van der Waals surface area (Å²) in [4.78, 5) is 27.5.